The third-order valence-electron chi connectivity index (χ3n) is 5.05. The lowest BCUT2D eigenvalue weighted by molar-refractivity contribution is 0.198. The zero-order valence-corrected chi connectivity index (χ0v) is 16.9. The Labute approximate surface area is 172 Å². The Morgan fingerprint density at radius 1 is 1.23 bits per heavy atom. The number of pyridine rings is 1. The normalized spacial score (nSPS) is 14.5. The van der Waals surface area contributed by atoms with E-state index in [1.807, 2.05) is 19.9 Å². The van der Waals surface area contributed by atoms with Crippen LogP contribution in [-0.2, 0) is 13.0 Å². The molecule has 0 saturated heterocycles. The van der Waals surface area contributed by atoms with E-state index in [0.29, 0.717) is 34.6 Å². The van der Waals surface area contributed by atoms with Crippen LogP contribution in [0, 0.1) is 6.92 Å². The zero-order valence-electron chi connectivity index (χ0n) is 16.9. The molecule has 0 aromatic carbocycles. The summed E-state index contributed by atoms with van der Waals surface area (Å²) in [5.41, 5.74) is 4.24. The van der Waals surface area contributed by atoms with Gasteiger partial charge in [-0.25, -0.2) is 0 Å². The van der Waals surface area contributed by atoms with Crippen molar-refractivity contribution in [2.45, 2.75) is 32.9 Å². The molecular formula is C20H21N7O3. The van der Waals surface area contributed by atoms with Crippen LogP contribution in [0.2, 0.25) is 0 Å². The molecule has 1 N–H and O–H groups in total. The molecule has 154 valence electrons. The number of aryl methyl sites for hydroxylation is 1. The number of aromatic nitrogens is 6. The molecule has 1 atom stereocenters. The summed E-state index contributed by atoms with van der Waals surface area (Å²) < 4.78 is 18.3. The van der Waals surface area contributed by atoms with Gasteiger partial charge in [-0.05, 0) is 25.5 Å². The Balaban J connectivity index is 1.49. The van der Waals surface area contributed by atoms with E-state index in [4.69, 9.17) is 19.0 Å². The van der Waals surface area contributed by atoms with Crippen LogP contribution in [0.15, 0.2) is 28.8 Å². The summed E-state index contributed by atoms with van der Waals surface area (Å²) >= 11 is 0. The highest BCUT2D eigenvalue weighted by atomic mass is 16.5. The molecule has 10 heteroatoms. The first-order valence-corrected chi connectivity index (χ1v) is 9.72. The van der Waals surface area contributed by atoms with E-state index < -0.39 is 0 Å². The fourth-order valence-corrected chi connectivity index (χ4v) is 3.47. The van der Waals surface area contributed by atoms with Gasteiger partial charge < -0.3 is 19.3 Å². The molecule has 0 bridgehead atoms. The number of hydrogen-bond acceptors (Lipinski definition) is 9. The molecule has 4 aromatic rings. The highest BCUT2D eigenvalue weighted by Crippen LogP contribution is 2.31. The molecule has 0 spiro atoms. The maximum absolute atomic E-state index is 6.15. The van der Waals surface area contributed by atoms with Crippen LogP contribution in [0.4, 0.5) is 0 Å². The van der Waals surface area contributed by atoms with Crippen LogP contribution in [0.3, 0.4) is 0 Å². The summed E-state index contributed by atoms with van der Waals surface area (Å²) in [6, 6.07) is 7.59. The lowest BCUT2D eigenvalue weighted by atomic mass is 10.1. The molecule has 0 radical (unpaired) electrons. The Bertz CT molecular complexity index is 1220. The van der Waals surface area contributed by atoms with Gasteiger partial charge in [-0.1, -0.05) is 11.2 Å². The summed E-state index contributed by atoms with van der Waals surface area (Å²) in [6.45, 7) is 5.54. The second-order valence-corrected chi connectivity index (χ2v) is 7.16. The highest BCUT2D eigenvalue weighted by Gasteiger charge is 2.21. The number of fused-ring (bicyclic) bond motifs is 2. The lowest BCUT2D eigenvalue weighted by Gasteiger charge is -2.20. The third-order valence-corrected chi connectivity index (χ3v) is 5.05. The first-order chi connectivity index (χ1) is 14.6. The van der Waals surface area contributed by atoms with Crippen LogP contribution in [0.1, 0.15) is 35.7 Å². The molecular weight excluding hydrogens is 386 g/mol. The van der Waals surface area contributed by atoms with Gasteiger partial charge in [-0.3, -0.25) is 4.98 Å². The minimum Gasteiger partial charge on any atom is -0.491 e. The van der Waals surface area contributed by atoms with Gasteiger partial charge in [0.15, 0.2) is 17.1 Å². The minimum atomic E-state index is -0.321. The van der Waals surface area contributed by atoms with Crippen LogP contribution in [-0.4, -0.2) is 43.6 Å². The molecule has 1 unspecified atom stereocenters. The van der Waals surface area contributed by atoms with Crippen LogP contribution < -0.4 is 14.8 Å². The van der Waals surface area contributed by atoms with Gasteiger partial charge in [-0.15, -0.1) is 15.3 Å². The van der Waals surface area contributed by atoms with E-state index in [-0.39, 0.29) is 6.10 Å². The lowest BCUT2D eigenvalue weighted by Crippen LogP contribution is -2.25. The summed E-state index contributed by atoms with van der Waals surface area (Å²) in [5, 5.41) is 20.3. The van der Waals surface area contributed by atoms with Gasteiger partial charge in [-0.2, -0.15) is 4.52 Å². The van der Waals surface area contributed by atoms with E-state index in [2.05, 4.69) is 31.8 Å². The molecule has 4 aromatic heterocycles. The fraction of sp³-hybridized carbons (Fsp3) is 0.350. The van der Waals surface area contributed by atoms with Crippen molar-refractivity contribution in [3.8, 4) is 23.1 Å². The van der Waals surface area contributed by atoms with Gasteiger partial charge in [0.1, 0.15) is 11.9 Å². The van der Waals surface area contributed by atoms with Crippen molar-refractivity contribution in [2.75, 3.05) is 13.7 Å². The Morgan fingerprint density at radius 3 is 2.93 bits per heavy atom. The van der Waals surface area contributed by atoms with Crippen molar-refractivity contribution in [3.63, 3.8) is 0 Å². The molecule has 5 heterocycles. The predicted molar refractivity (Wildman–Crippen MR) is 106 cm³/mol. The third kappa shape index (κ3) is 3.24. The van der Waals surface area contributed by atoms with Crippen LogP contribution in [0.5, 0.6) is 11.6 Å². The standard InChI is InChI=1S/C20H21N7O3/c1-11-8-16(26-30-11)19-24-23-18-9-17(28-3)20(25-27(18)19)29-12(2)14-5-4-13-10-21-7-6-15(13)22-14/h4-5,8-9,12,21H,6-7,10H2,1-3H3. The van der Waals surface area contributed by atoms with Crippen molar-refractivity contribution >= 4 is 5.65 Å². The van der Waals surface area contributed by atoms with Gasteiger partial charge in [0, 0.05) is 37.3 Å². The van der Waals surface area contributed by atoms with Crippen molar-refractivity contribution < 1.29 is 14.0 Å². The maximum atomic E-state index is 6.15. The van der Waals surface area contributed by atoms with Crippen molar-refractivity contribution in [1.82, 2.24) is 35.3 Å². The van der Waals surface area contributed by atoms with Crippen molar-refractivity contribution in [1.29, 1.82) is 0 Å². The molecule has 1 aliphatic rings. The number of nitrogens with one attached hydrogen (secondary N) is 1. The molecule has 30 heavy (non-hydrogen) atoms. The summed E-state index contributed by atoms with van der Waals surface area (Å²) in [5.74, 6) is 1.92. The molecule has 1 aliphatic heterocycles. The molecule has 0 aliphatic carbocycles. The topological polar surface area (TPSA) is 112 Å². The largest absolute Gasteiger partial charge is 0.491 e. The second kappa shape index (κ2) is 7.38. The Kier molecular flexibility index (Phi) is 4.55. The van der Waals surface area contributed by atoms with Gasteiger partial charge in [0.05, 0.1) is 12.8 Å². The SMILES string of the molecule is COc1cc2nnc(-c3cc(C)on3)n2nc1OC(C)c1ccc2c(n1)CCNC2. The van der Waals surface area contributed by atoms with Gasteiger partial charge >= 0.3 is 0 Å². The van der Waals surface area contributed by atoms with E-state index in [9.17, 15) is 0 Å². The highest BCUT2D eigenvalue weighted by molar-refractivity contribution is 5.56. The van der Waals surface area contributed by atoms with Gasteiger partial charge in [0.2, 0.25) is 5.82 Å². The first-order valence-electron chi connectivity index (χ1n) is 9.72. The van der Waals surface area contributed by atoms with E-state index in [1.54, 1.807) is 23.8 Å². The fourth-order valence-electron chi connectivity index (χ4n) is 3.47. The Morgan fingerprint density at radius 2 is 2.13 bits per heavy atom. The summed E-state index contributed by atoms with van der Waals surface area (Å²) in [6.07, 6.45) is 0.586. The number of rotatable bonds is 5. The number of hydrogen-bond donors (Lipinski definition) is 1. The zero-order chi connectivity index (χ0) is 20.7. The quantitative estimate of drug-likeness (QED) is 0.532. The number of methoxy groups -OCH3 is 1. The average Bonchev–Trinajstić information content (AvgIpc) is 3.38. The number of ether oxygens (including phenoxy) is 2. The summed E-state index contributed by atoms with van der Waals surface area (Å²) in [7, 11) is 1.56. The smallest absolute Gasteiger partial charge is 0.275 e. The maximum Gasteiger partial charge on any atom is 0.275 e. The molecule has 5 rings (SSSR count). The molecule has 0 fully saturated rings. The minimum absolute atomic E-state index is 0.319. The van der Waals surface area contributed by atoms with Crippen LogP contribution in [0.25, 0.3) is 17.2 Å². The second-order valence-electron chi connectivity index (χ2n) is 7.16. The van der Waals surface area contributed by atoms with E-state index in [0.717, 1.165) is 30.9 Å². The van der Waals surface area contributed by atoms with Crippen LogP contribution >= 0.6 is 0 Å². The first kappa shape index (κ1) is 18.5. The average molecular weight is 407 g/mol. The van der Waals surface area contributed by atoms with Crippen molar-refractivity contribution in [2.24, 2.45) is 0 Å². The molecule has 10 nitrogen and oxygen atoms in total. The monoisotopic (exact) mass is 407 g/mol. The van der Waals surface area contributed by atoms with Gasteiger partial charge in [0.25, 0.3) is 5.88 Å². The molecule has 0 saturated carbocycles. The van der Waals surface area contributed by atoms with E-state index >= 15 is 0 Å². The molecule has 0 amide bonds. The van der Waals surface area contributed by atoms with E-state index in [1.165, 1.54) is 5.56 Å². The predicted octanol–water partition coefficient (Wildman–Crippen LogP) is 2.28. The van der Waals surface area contributed by atoms with Crippen molar-refractivity contribution in [3.05, 3.63) is 47.0 Å². The Hall–Kier alpha value is -3.53. The summed E-state index contributed by atoms with van der Waals surface area (Å²) in [4.78, 5) is 4.80. The number of nitrogens with zero attached hydrogens (tertiary/aromatic N) is 6.